The third-order valence-corrected chi connectivity index (χ3v) is 6.30. The van der Waals surface area contributed by atoms with Crippen molar-refractivity contribution in [3.8, 4) is 0 Å². The van der Waals surface area contributed by atoms with Crippen molar-refractivity contribution in [1.29, 1.82) is 0 Å². The van der Waals surface area contributed by atoms with Gasteiger partial charge >= 0.3 is 0 Å². The second-order valence-corrected chi connectivity index (χ2v) is 8.99. The van der Waals surface area contributed by atoms with E-state index >= 15 is 0 Å². The number of benzene rings is 2. The number of nitro benzene ring substituents is 1. The number of carbonyl (C=O) groups is 2. The van der Waals surface area contributed by atoms with Crippen molar-refractivity contribution in [3.63, 3.8) is 0 Å². The highest BCUT2D eigenvalue weighted by Gasteiger charge is 2.22. The van der Waals surface area contributed by atoms with Crippen LogP contribution >= 0.6 is 11.6 Å². The number of ether oxygens (including phenoxy) is 1. The smallest absolute Gasteiger partial charge is 0.270 e. The van der Waals surface area contributed by atoms with Crippen LogP contribution in [-0.4, -0.2) is 49.6 Å². The maximum absolute atomic E-state index is 13.1. The molecule has 1 aliphatic rings. The number of hydrogen-bond donors (Lipinski definition) is 2. The summed E-state index contributed by atoms with van der Waals surface area (Å²) < 4.78 is 5.33. The number of nitro groups is 1. The van der Waals surface area contributed by atoms with Gasteiger partial charge in [0, 0.05) is 56.4 Å². The fraction of sp³-hybridized carbons (Fsp3) is 0.440. The van der Waals surface area contributed by atoms with E-state index < -0.39 is 10.8 Å². The Balaban J connectivity index is 1.80. The summed E-state index contributed by atoms with van der Waals surface area (Å²) in [5.41, 5.74) is 1.63. The van der Waals surface area contributed by atoms with Crippen LogP contribution in [0.2, 0.25) is 5.02 Å². The number of halogens is 1. The van der Waals surface area contributed by atoms with Crippen molar-refractivity contribution >= 4 is 40.5 Å². The largest absolute Gasteiger partial charge is 0.382 e. The Morgan fingerprint density at radius 3 is 2.54 bits per heavy atom. The van der Waals surface area contributed by atoms with Crippen LogP contribution in [0, 0.1) is 16.0 Å². The second-order valence-electron chi connectivity index (χ2n) is 8.58. The van der Waals surface area contributed by atoms with Gasteiger partial charge in [-0.05, 0) is 56.4 Å². The summed E-state index contributed by atoms with van der Waals surface area (Å²) in [5, 5.41) is 16.6. The molecule has 2 aromatic carbocycles. The molecular formula is C25H31ClN4O5. The number of carbonyl (C=O) groups excluding carboxylic acids is 2. The van der Waals surface area contributed by atoms with Gasteiger partial charge in [-0.1, -0.05) is 18.5 Å². The summed E-state index contributed by atoms with van der Waals surface area (Å²) >= 11 is 6.10. The summed E-state index contributed by atoms with van der Waals surface area (Å²) in [6, 6.07) is 8.92. The third-order valence-electron chi connectivity index (χ3n) is 5.99. The molecule has 2 N–H and O–H groups in total. The molecule has 2 amide bonds. The Bertz CT molecular complexity index is 1070. The fourth-order valence-electron chi connectivity index (χ4n) is 3.94. The summed E-state index contributed by atoms with van der Waals surface area (Å²) in [6.45, 7) is 7.54. The predicted molar refractivity (Wildman–Crippen MR) is 137 cm³/mol. The SMILES string of the molecule is CCOCCCNC(=O)c1cc(NC(=O)c2ccc([N+](=O)[O-])cc2Cl)ccc1N1CCC(C)CC1. The van der Waals surface area contributed by atoms with Crippen LogP contribution in [-0.2, 0) is 4.74 Å². The van der Waals surface area contributed by atoms with Crippen LogP contribution in [0.1, 0.15) is 53.8 Å². The van der Waals surface area contributed by atoms with E-state index in [-0.39, 0.29) is 22.2 Å². The first kappa shape index (κ1) is 26.4. The van der Waals surface area contributed by atoms with Gasteiger partial charge in [0.25, 0.3) is 17.5 Å². The van der Waals surface area contributed by atoms with Crippen LogP contribution < -0.4 is 15.5 Å². The standard InChI is InChI=1S/C25H31ClN4O5/c1-3-35-14-4-11-27-24(31)21-15-18(5-8-23(21)29-12-9-17(2)10-13-29)28-25(32)20-7-6-19(30(33)34)16-22(20)26/h5-8,15-17H,3-4,9-14H2,1-2H3,(H,27,31)(H,28,32). The summed E-state index contributed by atoms with van der Waals surface area (Å²) in [6.07, 6.45) is 2.80. The molecule has 0 bridgehead atoms. The van der Waals surface area contributed by atoms with Crippen molar-refractivity contribution in [2.24, 2.45) is 5.92 Å². The molecule has 0 aliphatic carbocycles. The van der Waals surface area contributed by atoms with Crippen LogP contribution in [0.25, 0.3) is 0 Å². The Morgan fingerprint density at radius 2 is 1.89 bits per heavy atom. The molecule has 35 heavy (non-hydrogen) atoms. The van der Waals surface area contributed by atoms with Crippen LogP contribution in [0.5, 0.6) is 0 Å². The first-order chi connectivity index (χ1) is 16.8. The number of amides is 2. The molecule has 188 valence electrons. The van der Waals surface area contributed by atoms with Gasteiger partial charge in [-0.15, -0.1) is 0 Å². The Labute approximate surface area is 209 Å². The van der Waals surface area contributed by atoms with E-state index in [1.54, 1.807) is 12.1 Å². The van der Waals surface area contributed by atoms with Crippen LogP contribution in [0.15, 0.2) is 36.4 Å². The van der Waals surface area contributed by atoms with Crippen molar-refractivity contribution in [2.75, 3.05) is 43.1 Å². The molecule has 9 nitrogen and oxygen atoms in total. The second kappa shape index (κ2) is 12.5. The van der Waals surface area contributed by atoms with E-state index in [0.29, 0.717) is 43.3 Å². The normalized spacial score (nSPS) is 14.0. The molecule has 3 rings (SSSR count). The van der Waals surface area contributed by atoms with Crippen molar-refractivity contribution in [2.45, 2.75) is 33.1 Å². The first-order valence-electron chi connectivity index (χ1n) is 11.8. The summed E-state index contributed by atoms with van der Waals surface area (Å²) in [7, 11) is 0. The molecule has 0 spiro atoms. The molecular weight excluding hydrogens is 472 g/mol. The van der Waals surface area contributed by atoms with Gasteiger partial charge in [-0.3, -0.25) is 19.7 Å². The topological polar surface area (TPSA) is 114 Å². The molecule has 1 fully saturated rings. The molecule has 0 saturated carbocycles. The van der Waals surface area contributed by atoms with Crippen LogP contribution in [0.4, 0.5) is 17.1 Å². The summed E-state index contributed by atoms with van der Waals surface area (Å²) in [4.78, 5) is 38.5. The number of nitrogens with zero attached hydrogens (tertiary/aromatic N) is 2. The number of anilines is 2. The number of rotatable bonds is 10. The van der Waals surface area contributed by atoms with Crippen LogP contribution in [0.3, 0.4) is 0 Å². The van der Waals surface area contributed by atoms with E-state index in [1.165, 1.54) is 12.1 Å². The lowest BCUT2D eigenvalue weighted by molar-refractivity contribution is -0.384. The van der Waals surface area contributed by atoms with Gasteiger partial charge in [0.2, 0.25) is 0 Å². The first-order valence-corrected chi connectivity index (χ1v) is 12.2. The number of nitrogens with one attached hydrogen (secondary N) is 2. The molecule has 0 radical (unpaired) electrons. The van der Waals surface area contributed by atoms with Gasteiger partial charge < -0.3 is 20.3 Å². The number of non-ortho nitro benzene ring substituents is 1. The highest BCUT2D eigenvalue weighted by molar-refractivity contribution is 6.34. The Morgan fingerprint density at radius 1 is 1.14 bits per heavy atom. The molecule has 1 aliphatic heterocycles. The minimum atomic E-state index is -0.576. The van der Waals surface area contributed by atoms with Gasteiger partial charge in [0.15, 0.2) is 0 Å². The number of hydrogen-bond acceptors (Lipinski definition) is 6. The third kappa shape index (κ3) is 7.16. The van der Waals surface area contributed by atoms with Gasteiger partial charge in [0.1, 0.15) is 0 Å². The van der Waals surface area contributed by atoms with Crippen molar-refractivity contribution in [3.05, 3.63) is 62.7 Å². The van der Waals surface area contributed by atoms with E-state index in [4.69, 9.17) is 16.3 Å². The highest BCUT2D eigenvalue weighted by atomic mass is 35.5. The zero-order chi connectivity index (χ0) is 25.4. The molecule has 10 heteroatoms. The van der Waals surface area contributed by atoms with Gasteiger partial charge in [-0.25, -0.2) is 0 Å². The Hall–Kier alpha value is -3.17. The molecule has 0 aromatic heterocycles. The quantitative estimate of drug-likeness (QED) is 0.271. The maximum Gasteiger partial charge on any atom is 0.270 e. The lowest BCUT2D eigenvalue weighted by atomic mass is 9.97. The molecule has 0 unspecified atom stereocenters. The van der Waals surface area contributed by atoms with E-state index in [9.17, 15) is 19.7 Å². The Kier molecular flexibility index (Phi) is 9.45. The van der Waals surface area contributed by atoms with Crippen molar-refractivity contribution < 1.29 is 19.2 Å². The minimum Gasteiger partial charge on any atom is -0.382 e. The lowest BCUT2D eigenvalue weighted by Gasteiger charge is -2.33. The molecule has 2 aromatic rings. The average Bonchev–Trinajstić information content (AvgIpc) is 2.84. The lowest BCUT2D eigenvalue weighted by Crippen LogP contribution is -2.35. The monoisotopic (exact) mass is 502 g/mol. The minimum absolute atomic E-state index is 0.0250. The maximum atomic E-state index is 13.1. The van der Waals surface area contributed by atoms with Gasteiger partial charge in [-0.2, -0.15) is 0 Å². The zero-order valence-corrected chi connectivity index (χ0v) is 20.8. The zero-order valence-electron chi connectivity index (χ0n) is 20.0. The van der Waals surface area contributed by atoms with Gasteiger partial charge in [0.05, 0.1) is 21.1 Å². The predicted octanol–water partition coefficient (Wildman–Crippen LogP) is 4.89. The van der Waals surface area contributed by atoms with E-state index in [2.05, 4.69) is 22.5 Å². The average molecular weight is 503 g/mol. The van der Waals surface area contributed by atoms with E-state index in [0.717, 1.165) is 37.7 Å². The molecule has 1 heterocycles. The molecule has 1 saturated heterocycles. The fourth-order valence-corrected chi connectivity index (χ4v) is 4.20. The van der Waals surface area contributed by atoms with E-state index in [1.807, 2.05) is 13.0 Å². The molecule has 0 atom stereocenters. The highest BCUT2D eigenvalue weighted by Crippen LogP contribution is 2.29. The summed E-state index contributed by atoms with van der Waals surface area (Å²) in [5.74, 6) is -0.0980. The van der Waals surface area contributed by atoms with Crippen molar-refractivity contribution in [1.82, 2.24) is 5.32 Å². The number of piperidine rings is 1.